The zero-order valence-electron chi connectivity index (χ0n) is 10.2. The van der Waals surface area contributed by atoms with E-state index in [4.69, 9.17) is 5.73 Å². The van der Waals surface area contributed by atoms with Crippen molar-refractivity contribution in [3.63, 3.8) is 0 Å². The summed E-state index contributed by atoms with van der Waals surface area (Å²) in [6.45, 7) is 0. The zero-order valence-corrected chi connectivity index (χ0v) is 10.2. The Balaban J connectivity index is 1.96. The van der Waals surface area contributed by atoms with Crippen LogP contribution in [0.25, 0.3) is 0 Å². The van der Waals surface area contributed by atoms with Crippen LogP contribution in [-0.2, 0) is 12.8 Å². The number of fused-ring (bicyclic) bond motifs is 1. The molecule has 92 valence electrons. The number of benzene rings is 1. The Hall–Kier alpha value is -2.10. The van der Waals surface area contributed by atoms with Crippen molar-refractivity contribution >= 4 is 17.3 Å². The van der Waals surface area contributed by atoms with E-state index in [9.17, 15) is 0 Å². The highest BCUT2D eigenvalue weighted by molar-refractivity contribution is 5.68. The Kier molecular flexibility index (Phi) is 2.84. The van der Waals surface area contributed by atoms with Crippen molar-refractivity contribution in [2.24, 2.45) is 0 Å². The molecular formula is C14H16N4. The molecule has 4 nitrogen and oxygen atoms in total. The average Bonchev–Trinajstić information content (AvgIpc) is 2.42. The SMILES string of the molecule is Nc1nccnc1Nc1cccc2c1CCCC2. The highest BCUT2D eigenvalue weighted by Gasteiger charge is 2.13. The molecule has 2 aromatic rings. The first kappa shape index (κ1) is 11.0. The fraction of sp³-hybridized carbons (Fsp3) is 0.286. The third-order valence-electron chi connectivity index (χ3n) is 3.38. The fourth-order valence-electron chi connectivity index (χ4n) is 2.47. The molecular weight excluding hydrogens is 224 g/mol. The number of hydrogen-bond donors (Lipinski definition) is 2. The predicted octanol–water partition coefficient (Wildman–Crippen LogP) is 2.68. The van der Waals surface area contributed by atoms with Crippen molar-refractivity contribution in [2.45, 2.75) is 25.7 Å². The van der Waals surface area contributed by atoms with Gasteiger partial charge in [-0.2, -0.15) is 0 Å². The summed E-state index contributed by atoms with van der Waals surface area (Å²) in [6.07, 6.45) is 8.07. The molecule has 0 saturated carbocycles. The minimum atomic E-state index is 0.436. The highest BCUT2D eigenvalue weighted by Crippen LogP contribution is 2.30. The van der Waals surface area contributed by atoms with Crippen LogP contribution in [0.5, 0.6) is 0 Å². The largest absolute Gasteiger partial charge is 0.381 e. The smallest absolute Gasteiger partial charge is 0.173 e. The van der Waals surface area contributed by atoms with Gasteiger partial charge in [-0.15, -0.1) is 0 Å². The zero-order chi connectivity index (χ0) is 12.4. The summed E-state index contributed by atoms with van der Waals surface area (Å²) in [5.74, 6) is 1.07. The van der Waals surface area contributed by atoms with Crippen molar-refractivity contribution < 1.29 is 0 Å². The molecule has 0 saturated heterocycles. The van der Waals surface area contributed by atoms with Crippen LogP contribution in [0.3, 0.4) is 0 Å². The van der Waals surface area contributed by atoms with E-state index in [1.165, 1.54) is 30.4 Å². The molecule has 1 aliphatic carbocycles. The number of rotatable bonds is 2. The van der Waals surface area contributed by atoms with Crippen LogP contribution in [0.1, 0.15) is 24.0 Å². The van der Waals surface area contributed by atoms with E-state index < -0.39 is 0 Å². The summed E-state index contributed by atoms with van der Waals surface area (Å²) in [5.41, 5.74) is 9.75. The van der Waals surface area contributed by atoms with Gasteiger partial charge in [0.05, 0.1) is 0 Å². The van der Waals surface area contributed by atoms with Crippen molar-refractivity contribution in [1.29, 1.82) is 0 Å². The molecule has 0 atom stereocenters. The third-order valence-corrected chi connectivity index (χ3v) is 3.38. The van der Waals surface area contributed by atoms with Crippen LogP contribution in [0.15, 0.2) is 30.6 Å². The van der Waals surface area contributed by atoms with Gasteiger partial charge >= 0.3 is 0 Å². The average molecular weight is 240 g/mol. The lowest BCUT2D eigenvalue weighted by Crippen LogP contribution is -2.08. The summed E-state index contributed by atoms with van der Waals surface area (Å²) < 4.78 is 0. The van der Waals surface area contributed by atoms with Crippen LogP contribution >= 0.6 is 0 Å². The van der Waals surface area contributed by atoms with Gasteiger partial charge in [0.2, 0.25) is 0 Å². The van der Waals surface area contributed by atoms with Crippen LogP contribution < -0.4 is 11.1 Å². The van der Waals surface area contributed by atoms with Gasteiger partial charge < -0.3 is 11.1 Å². The van der Waals surface area contributed by atoms with E-state index in [2.05, 4.69) is 33.5 Å². The lowest BCUT2D eigenvalue weighted by molar-refractivity contribution is 0.687. The number of nitrogen functional groups attached to an aromatic ring is 1. The second-order valence-corrected chi connectivity index (χ2v) is 4.57. The Morgan fingerprint density at radius 1 is 1.06 bits per heavy atom. The van der Waals surface area contributed by atoms with Crippen molar-refractivity contribution in [3.8, 4) is 0 Å². The maximum absolute atomic E-state index is 5.81. The topological polar surface area (TPSA) is 63.8 Å². The Labute approximate surface area is 106 Å². The summed E-state index contributed by atoms with van der Waals surface area (Å²) in [6, 6.07) is 6.37. The van der Waals surface area contributed by atoms with Gasteiger partial charge in [0.1, 0.15) is 0 Å². The predicted molar refractivity (Wildman–Crippen MR) is 72.8 cm³/mol. The maximum Gasteiger partial charge on any atom is 0.173 e. The first-order valence-electron chi connectivity index (χ1n) is 6.29. The van der Waals surface area contributed by atoms with Crippen molar-refractivity contribution in [3.05, 3.63) is 41.7 Å². The van der Waals surface area contributed by atoms with E-state index in [0.717, 1.165) is 12.1 Å². The van der Waals surface area contributed by atoms with Gasteiger partial charge in [-0.05, 0) is 42.9 Å². The van der Waals surface area contributed by atoms with E-state index in [0.29, 0.717) is 11.6 Å². The van der Waals surface area contributed by atoms with E-state index in [1.807, 2.05) is 0 Å². The quantitative estimate of drug-likeness (QED) is 0.847. The van der Waals surface area contributed by atoms with E-state index in [-0.39, 0.29) is 0 Å². The third kappa shape index (κ3) is 2.01. The van der Waals surface area contributed by atoms with Crippen LogP contribution in [-0.4, -0.2) is 9.97 Å². The number of hydrogen-bond acceptors (Lipinski definition) is 4. The van der Waals surface area contributed by atoms with Gasteiger partial charge in [0.25, 0.3) is 0 Å². The van der Waals surface area contributed by atoms with Gasteiger partial charge in [0.15, 0.2) is 11.6 Å². The number of aromatic nitrogens is 2. The van der Waals surface area contributed by atoms with Crippen molar-refractivity contribution in [1.82, 2.24) is 9.97 Å². The van der Waals surface area contributed by atoms with Crippen LogP contribution in [0, 0.1) is 0 Å². The molecule has 4 heteroatoms. The van der Waals surface area contributed by atoms with Gasteiger partial charge in [-0.1, -0.05) is 12.1 Å². The summed E-state index contributed by atoms with van der Waals surface area (Å²) >= 11 is 0. The molecule has 3 N–H and O–H groups in total. The summed E-state index contributed by atoms with van der Waals surface area (Å²) in [5, 5.41) is 3.30. The van der Waals surface area contributed by atoms with Gasteiger partial charge in [0, 0.05) is 18.1 Å². The molecule has 1 heterocycles. The Bertz CT molecular complexity index is 565. The van der Waals surface area contributed by atoms with Crippen molar-refractivity contribution in [2.75, 3.05) is 11.1 Å². The minimum absolute atomic E-state index is 0.436. The molecule has 0 unspecified atom stereocenters. The number of anilines is 3. The van der Waals surface area contributed by atoms with Crippen LogP contribution in [0.2, 0.25) is 0 Å². The molecule has 0 radical (unpaired) electrons. The lowest BCUT2D eigenvalue weighted by atomic mass is 9.90. The first-order chi connectivity index (χ1) is 8.84. The molecule has 0 amide bonds. The maximum atomic E-state index is 5.81. The van der Waals surface area contributed by atoms with Crippen LogP contribution in [0.4, 0.5) is 17.3 Å². The molecule has 1 aliphatic rings. The normalized spacial score (nSPS) is 14.0. The molecule has 1 aromatic heterocycles. The Morgan fingerprint density at radius 3 is 2.78 bits per heavy atom. The summed E-state index contributed by atoms with van der Waals surface area (Å²) in [7, 11) is 0. The highest BCUT2D eigenvalue weighted by atomic mass is 15.1. The summed E-state index contributed by atoms with van der Waals surface area (Å²) in [4.78, 5) is 8.26. The second-order valence-electron chi connectivity index (χ2n) is 4.57. The van der Waals surface area contributed by atoms with E-state index in [1.54, 1.807) is 12.4 Å². The molecule has 3 rings (SSSR count). The standard InChI is InChI=1S/C14H16N4/c15-13-14(17-9-8-16-13)18-12-7-3-5-10-4-1-2-6-11(10)12/h3,5,7-9H,1-2,4,6H2,(H2,15,16)(H,17,18). The molecule has 0 fully saturated rings. The molecule has 1 aromatic carbocycles. The number of aryl methyl sites for hydroxylation is 1. The molecule has 0 aliphatic heterocycles. The molecule has 18 heavy (non-hydrogen) atoms. The van der Waals surface area contributed by atoms with Gasteiger partial charge in [-0.3, -0.25) is 0 Å². The first-order valence-corrected chi connectivity index (χ1v) is 6.29. The Morgan fingerprint density at radius 2 is 1.89 bits per heavy atom. The second kappa shape index (κ2) is 4.64. The minimum Gasteiger partial charge on any atom is -0.381 e. The fourth-order valence-corrected chi connectivity index (χ4v) is 2.47. The molecule has 0 bridgehead atoms. The number of nitrogens with two attached hydrogens (primary N) is 1. The monoisotopic (exact) mass is 240 g/mol. The number of nitrogens with one attached hydrogen (secondary N) is 1. The van der Waals surface area contributed by atoms with E-state index >= 15 is 0 Å². The molecule has 0 spiro atoms. The van der Waals surface area contributed by atoms with Gasteiger partial charge in [-0.25, -0.2) is 9.97 Å². The number of nitrogens with zero attached hydrogens (tertiary/aromatic N) is 2. The lowest BCUT2D eigenvalue weighted by Gasteiger charge is -2.20.